The largest absolute Gasteiger partial charge is 1.00 e. The molecule has 22 heteroatoms. The molecule has 0 amide bonds. The fourth-order valence-electron chi connectivity index (χ4n) is 8.15. The van der Waals surface area contributed by atoms with E-state index < -0.39 is 70.6 Å². The van der Waals surface area contributed by atoms with Crippen molar-refractivity contribution >= 4 is 33.4 Å². The van der Waals surface area contributed by atoms with Crippen LogP contribution in [0.15, 0.2) is 20.9 Å². The number of nitrogens with zero attached hydrogens (tertiary/aromatic N) is 4. The number of azide groups is 1. The number of unbranched alkanes of at least 4 members (excludes halogenated alkanes) is 27. The third kappa shape index (κ3) is 35.0. The third-order valence-electron chi connectivity index (χ3n) is 12.1. The topological polar surface area (TPSA) is 247 Å². The molecule has 1 aliphatic heterocycles. The van der Waals surface area contributed by atoms with Crippen LogP contribution < -0.4 is 80.2 Å². The molecule has 1 N–H and O–H groups in total. The fourth-order valence-corrected chi connectivity index (χ4v) is 11.2. The zero-order valence-corrected chi connectivity index (χ0v) is 49.7. The van der Waals surface area contributed by atoms with Gasteiger partial charge >= 0.3 is 70.8 Å². The van der Waals surface area contributed by atoms with Crippen molar-refractivity contribution in [3.05, 3.63) is 43.0 Å². The molecule has 2 rings (SSSR count). The predicted octanol–water partition coefficient (Wildman–Crippen LogP) is 6.19. The number of H-pyrrole nitrogens is 1. The van der Waals surface area contributed by atoms with Gasteiger partial charge in [0.25, 0.3) is 21.2 Å². The van der Waals surface area contributed by atoms with Crippen molar-refractivity contribution in [1.29, 1.82) is 0 Å². The molecule has 0 radical (unpaired) electrons. The molecule has 1 saturated heterocycles. The number of aryl methyl sites for hydroxylation is 1. The maximum atomic E-state index is 12.9. The van der Waals surface area contributed by atoms with Gasteiger partial charge < -0.3 is 28.3 Å². The van der Waals surface area contributed by atoms with Crippen LogP contribution in [-0.4, -0.2) is 58.5 Å². The Balaban J connectivity index is 0.0000231. The summed E-state index contributed by atoms with van der Waals surface area (Å²) >= 11 is 1.51. The number of aromatic nitrogens is 2. The summed E-state index contributed by atoms with van der Waals surface area (Å²) < 4.78 is 52.1. The number of thioether (sulfide) groups is 1. The van der Waals surface area contributed by atoms with Crippen molar-refractivity contribution in [3.63, 3.8) is 0 Å². The number of phosphoric acid groups is 2. The number of rotatable bonds is 44. The van der Waals surface area contributed by atoms with Crippen LogP contribution in [0.4, 0.5) is 0 Å². The van der Waals surface area contributed by atoms with Crippen LogP contribution in [0.2, 0.25) is 0 Å². The van der Waals surface area contributed by atoms with Gasteiger partial charge in [0.2, 0.25) is 0 Å². The van der Waals surface area contributed by atoms with Gasteiger partial charge in [-0.05, 0) is 31.0 Å². The summed E-state index contributed by atoms with van der Waals surface area (Å²) in [6.45, 7) is 4.47. The number of aromatic amines is 1. The minimum absolute atomic E-state index is 0. The van der Waals surface area contributed by atoms with Crippen molar-refractivity contribution in [2.75, 3.05) is 24.7 Å². The quantitative estimate of drug-likeness (QED) is 0.0146. The monoisotopic (exact) mass is 1050 g/mol. The Labute approximate surface area is 462 Å². The van der Waals surface area contributed by atoms with Crippen molar-refractivity contribution in [1.82, 2.24) is 9.55 Å². The van der Waals surface area contributed by atoms with Crippen LogP contribution in [0, 0.1) is 6.92 Å². The number of hydrogen-bond donors (Lipinski definition) is 1. The van der Waals surface area contributed by atoms with Gasteiger partial charge in [-0.25, -0.2) is 9.11 Å². The molecule has 0 spiro atoms. The van der Waals surface area contributed by atoms with E-state index in [9.17, 15) is 33.3 Å². The second kappa shape index (κ2) is 43.3. The van der Waals surface area contributed by atoms with E-state index in [1.54, 1.807) is 0 Å². The first-order valence-electron chi connectivity index (χ1n) is 25.7. The zero-order chi connectivity index (χ0) is 49.0. The second-order valence-electron chi connectivity index (χ2n) is 18.2. The minimum Gasteiger partial charge on any atom is -0.756 e. The van der Waals surface area contributed by atoms with Gasteiger partial charge in [-0.2, -0.15) is 11.8 Å². The van der Waals surface area contributed by atoms with Crippen molar-refractivity contribution in [2.45, 2.75) is 244 Å². The standard InChI is InChI=1S/C47H87N5O12P2S.2Na/c1-4-6-8-10-12-14-16-18-19-20-22-24-26-28-30-32-34-67-39-41(62-45(53)33-31-29-27-25-23-21-17-15-13-11-9-7-5-2)37-60-65(56,57)64-66(58,59)61-38-43-42(50-51-48)35-44(63-43)52-36-40(3)46(54)49-47(52)55;;/h36,41-44H,4-35,37-39H2,1-3H3,(H,56,57)(H,58,59)(H,49,54,55);;/q;2*+1/p-2/t41?,42?,43-,44-;;/m1../s1. The SMILES string of the molecule is CCCCCCCCCCCCCCCCCCSCC(COP(=O)([O-])OP(=O)([O-])OC[C@H]1O[C@@H](n2cc(C)c(=O)[nH]c2=O)CC1N=[N+]=[N-])OC(=O)CCCCCCCCCCCCCCC.[Na+].[Na+]. The molecule has 4 unspecified atom stereocenters. The van der Waals surface area contributed by atoms with Crippen LogP contribution in [0.3, 0.4) is 0 Å². The fraction of sp³-hybridized carbons (Fsp3) is 0.894. The summed E-state index contributed by atoms with van der Waals surface area (Å²) in [5.41, 5.74) is 7.86. The zero-order valence-electron chi connectivity index (χ0n) is 43.1. The minimum atomic E-state index is -5.60. The van der Waals surface area contributed by atoms with E-state index in [-0.39, 0.29) is 83.3 Å². The molecule has 69 heavy (non-hydrogen) atoms. The molecule has 1 aliphatic rings. The normalized spacial score (nSPS) is 17.8. The molecule has 0 saturated carbocycles. The van der Waals surface area contributed by atoms with Gasteiger partial charge in [-0.3, -0.25) is 28.3 Å². The number of carbonyl (C=O) groups excluding carboxylic acids is 1. The summed E-state index contributed by atoms with van der Waals surface area (Å²) in [6, 6.07) is -1.02. The Hall–Kier alpha value is 0.0300. The van der Waals surface area contributed by atoms with E-state index in [2.05, 4.69) is 33.2 Å². The smallest absolute Gasteiger partial charge is 0.756 e. The number of hydrogen-bond acceptors (Lipinski definition) is 14. The molecule has 1 aromatic heterocycles. The molecule has 6 atom stereocenters. The van der Waals surface area contributed by atoms with Crippen molar-refractivity contribution < 1.29 is 106 Å². The van der Waals surface area contributed by atoms with E-state index >= 15 is 0 Å². The number of ether oxygens (including phenoxy) is 2. The first kappa shape index (κ1) is 69.0. The molecule has 0 aliphatic carbocycles. The van der Waals surface area contributed by atoms with Gasteiger partial charge in [-0.15, -0.1) is 0 Å². The molecule has 17 nitrogen and oxygen atoms in total. The summed E-state index contributed by atoms with van der Waals surface area (Å²) in [6.07, 6.45) is 33.6. The van der Waals surface area contributed by atoms with Gasteiger partial charge in [-0.1, -0.05) is 192 Å². The molecule has 0 aromatic carbocycles. The van der Waals surface area contributed by atoms with E-state index in [0.717, 1.165) is 48.8 Å². The van der Waals surface area contributed by atoms with Gasteiger partial charge in [0.05, 0.1) is 25.4 Å². The van der Waals surface area contributed by atoms with Crippen LogP contribution >= 0.6 is 27.4 Å². The van der Waals surface area contributed by atoms with E-state index in [0.29, 0.717) is 6.42 Å². The van der Waals surface area contributed by atoms with Crippen LogP contribution in [-0.2, 0) is 36.8 Å². The van der Waals surface area contributed by atoms with Crippen LogP contribution in [0.25, 0.3) is 10.4 Å². The Morgan fingerprint density at radius 3 is 1.71 bits per heavy atom. The molecule has 1 aromatic rings. The van der Waals surface area contributed by atoms with Crippen LogP contribution in [0.5, 0.6) is 0 Å². The first-order valence-corrected chi connectivity index (χ1v) is 29.8. The van der Waals surface area contributed by atoms with Gasteiger partial charge in [0.15, 0.2) is 0 Å². The number of phosphoric ester groups is 2. The van der Waals surface area contributed by atoms with Gasteiger partial charge in [0.1, 0.15) is 12.3 Å². The second-order valence-corrected chi connectivity index (χ2v) is 22.3. The molecule has 2 heterocycles. The molecular formula is C47H85N5Na2O12P2S. The Morgan fingerprint density at radius 1 is 0.783 bits per heavy atom. The van der Waals surface area contributed by atoms with E-state index in [1.165, 1.54) is 166 Å². The summed E-state index contributed by atoms with van der Waals surface area (Å²) in [5, 5.41) is 3.60. The van der Waals surface area contributed by atoms with E-state index in [1.807, 2.05) is 0 Å². The predicted molar refractivity (Wildman–Crippen MR) is 263 cm³/mol. The van der Waals surface area contributed by atoms with Gasteiger partial charge in [0, 0.05) is 35.3 Å². The first-order chi connectivity index (χ1) is 32.3. The molecule has 0 bridgehead atoms. The number of nitrogens with one attached hydrogen (secondary N) is 1. The summed E-state index contributed by atoms with van der Waals surface area (Å²) in [5.74, 6) is 0.536. The average Bonchev–Trinajstić information content (AvgIpc) is 3.69. The van der Waals surface area contributed by atoms with Crippen molar-refractivity contribution in [3.8, 4) is 0 Å². The maximum Gasteiger partial charge on any atom is 1.00 e. The molecular weight excluding hydrogens is 967 g/mol. The van der Waals surface area contributed by atoms with Crippen molar-refractivity contribution in [2.24, 2.45) is 5.11 Å². The Bertz CT molecular complexity index is 1740. The third-order valence-corrected chi connectivity index (χ3v) is 15.8. The molecule has 1 fully saturated rings. The van der Waals surface area contributed by atoms with E-state index in [4.69, 9.17) is 24.1 Å². The number of carbonyl (C=O) groups is 1. The molecule has 388 valence electrons. The summed E-state index contributed by atoms with van der Waals surface area (Å²) in [7, 11) is -11.2. The Morgan fingerprint density at radius 2 is 1.23 bits per heavy atom. The average molecular weight is 1050 g/mol. The summed E-state index contributed by atoms with van der Waals surface area (Å²) in [4.78, 5) is 67.5. The van der Waals surface area contributed by atoms with Crippen LogP contribution in [0.1, 0.15) is 225 Å². The Kier molecular flexibility index (Phi) is 43.3. The number of esters is 1. The maximum absolute atomic E-state index is 12.9.